The lowest BCUT2D eigenvalue weighted by atomic mass is 9.91. The first-order valence-corrected chi connectivity index (χ1v) is 6.00. The maximum atomic E-state index is 6.31. The van der Waals surface area contributed by atoms with E-state index in [1.54, 1.807) is 6.20 Å². The molecule has 92 valence electrons. The summed E-state index contributed by atoms with van der Waals surface area (Å²) in [6.07, 6.45) is 2.68. The molecule has 1 rings (SSSR count). The van der Waals surface area contributed by atoms with Crippen molar-refractivity contribution < 1.29 is 4.74 Å². The summed E-state index contributed by atoms with van der Waals surface area (Å²) < 4.78 is 7.73. The Hall–Kier alpha value is -0.870. The van der Waals surface area contributed by atoms with E-state index in [9.17, 15) is 0 Å². The predicted octanol–water partition coefficient (Wildman–Crippen LogP) is 2.11. The molecule has 0 saturated carbocycles. The Bertz CT molecular complexity index is 324. The van der Waals surface area contributed by atoms with E-state index in [4.69, 9.17) is 10.5 Å². The number of hydrogen-bond acceptors (Lipinski definition) is 3. The largest absolute Gasteiger partial charge is 0.374 e. The molecular formula is C12H23N3O. The van der Waals surface area contributed by atoms with Crippen LogP contribution in [0.2, 0.25) is 0 Å². The van der Waals surface area contributed by atoms with Crippen molar-refractivity contribution in [3.05, 3.63) is 18.0 Å². The van der Waals surface area contributed by atoms with Crippen molar-refractivity contribution in [2.24, 2.45) is 5.73 Å². The third-order valence-electron chi connectivity index (χ3n) is 3.20. The highest BCUT2D eigenvalue weighted by Crippen LogP contribution is 2.29. The van der Waals surface area contributed by atoms with E-state index in [1.807, 2.05) is 17.7 Å². The van der Waals surface area contributed by atoms with Crippen molar-refractivity contribution >= 4 is 0 Å². The van der Waals surface area contributed by atoms with Crippen LogP contribution in [0.25, 0.3) is 0 Å². The number of rotatable bonds is 6. The van der Waals surface area contributed by atoms with Gasteiger partial charge in [0.05, 0.1) is 17.3 Å². The van der Waals surface area contributed by atoms with Gasteiger partial charge in [-0.05, 0) is 33.3 Å². The van der Waals surface area contributed by atoms with Gasteiger partial charge < -0.3 is 10.5 Å². The topological polar surface area (TPSA) is 53.1 Å². The lowest BCUT2D eigenvalue weighted by Gasteiger charge is -2.34. The van der Waals surface area contributed by atoms with E-state index in [1.165, 1.54) is 0 Å². The molecular weight excluding hydrogens is 202 g/mol. The zero-order valence-electron chi connectivity index (χ0n) is 10.7. The minimum absolute atomic E-state index is 0.139. The van der Waals surface area contributed by atoms with E-state index in [0.717, 1.165) is 18.7 Å². The van der Waals surface area contributed by atoms with Gasteiger partial charge in [-0.25, -0.2) is 0 Å². The molecule has 1 aromatic rings. The first kappa shape index (κ1) is 13.2. The van der Waals surface area contributed by atoms with Gasteiger partial charge in [-0.15, -0.1) is 0 Å². The van der Waals surface area contributed by atoms with Crippen molar-refractivity contribution in [2.75, 3.05) is 6.61 Å². The lowest BCUT2D eigenvalue weighted by molar-refractivity contribution is -0.0489. The van der Waals surface area contributed by atoms with Crippen LogP contribution < -0.4 is 5.73 Å². The zero-order chi connectivity index (χ0) is 12.2. The molecule has 0 aliphatic heterocycles. The van der Waals surface area contributed by atoms with Gasteiger partial charge in [-0.1, -0.05) is 6.92 Å². The van der Waals surface area contributed by atoms with Crippen LogP contribution in [0.3, 0.4) is 0 Å². The van der Waals surface area contributed by atoms with Gasteiger partial charge in [-0.3, -0.25) is 4.68 Å². The molecule has 0 radical (unpaired) electrons. The second-order valence-corrected chi connectivity index (χ2v) is 4.15. The maximum absolute atomic E-state index is 6.31. The highest BCUT2D eigenvalue weighted by Gasteiger charge is 2.33. The van der Waals surface area contributed by atoms with Crippen molar-refractivity contribution in [2.45, 2.75) is 52.3 Å². The summed E-state index contributed by atoms with van der Waals surface area (Å²) >= 11 is 0. The molecule has 0 bridgehead atoms. The summed E-state index contributed by atoms with van der Waals surface area (Å²) in [5.41, 5.74) is 7.03. The molecule has 1 heterocycles. The summed E-state index contributed by atoms with van der Waals surface area (Å²) in [5, 5.41) is 4.24. The van der Waals surface area contributed by atoms with Crippen molar-refractivity contribution in [3.8, 4) is 0 Å². The van der Waals surface area contributed by atoms with E-state index in [2.05, 4.69) is 25.9 Å². The van der Waals surface area contributed by atoms with Crippen molar-refractivity contribution in [3.63, 3.8) is 0 Å². The number of aromatic nitrogens is 2. The van der Waals surface area contributed by atoms with Crippen LogP contribution in [0.1, 0.15) is 45.9 Å². The number of nitrogens with zero attached hydrogens (tertiary/aromatic N) is 2. The van der Waals surface area contributed by atoms with Crippen LogP contribution in [0.5, 0.6) is 0 Å². The van der Waals surface area contributed by atoms with Gasteiger partial charge in [0.2, 0.25) is 0 Å². The van der Waals surface area contributed by atoms with E-state index >= 15 is 0 Å². The predicted molar refractivity (Wildman–Crippen MR) is 65.2 cm³/mol. The Morgan fingerprint density at radius 1 is 1.50 bits per heavy atom. The SMILES string of the molecule is CCOC(C)(CC)C(N)c1ccnn1CC. The van der Waals surface area contributed by atoms with Gasteiger partial charge >= 0.3 is 0 Å². The molecule has 0 spiro atoms. The monoisotopic (exact) mass is 225 g/mol. The van der Waals surface area contributed by atoms with Gasteiger partial charge in [0.1, 0.15) is 0 Å². The molecule has 2 N–H and O–H groups in total. The Kier molecular flexibility index (Phi) is 4.50. The van der Waals surface area contributed by atoms with Crippen LogP contribution in [-0.4, -0.2) is 22.0 Å². The van der Waals surface area contributed by atoms with Crippen molar-refractivity contribution in [1.29, 1.82) is 0 Å². The summed E-state index contributed by atoms with van der Waals surface area (Å²) in [6.45, 7) is 9.74. The smallest absolute Gasteiger partial charge is 0.0858 e. The molecule has 1 aromatic heterocycles. The van der Waals surface area contributed by atoms with Crippen LogP contribution in [0, 0.1) is 0 Å². The number of hydrogen-bond donors (Lipinski definition) is 1. The van der Waals surface area contributed by atoms with Crippen LogP contribution in [0.15, 0.2) is 12.3 Å². The lowest BCUT2D eigenvalue weighted by Crippen LogP contribution is -2.41. The molecule has 4 heteroatoms. The van der Waals surface area contributed by atoms with Gasteiger partial charge in [0, 0.05) is 19.3 Å². The third kappa shape index (κ3) is 2.44. The number of ether oxygens (including phenoxy) is 1. The number of aryl methyl sites for hydroxylation is 1. The quantitative estimate of drug-likeness (QED) is 0.806. The average molecular weight is 225 g/mol. The Morgan fingerprint density at radius 2 is 2.19 bits per heavy atom. The van der Waals surface area contributed by atoms with Crippen molar-refractivity contribution in [1.82, 2.24) is 9.78 Å². The number of nitrogens with two attached hydrogens (primary N) is 1. The fourth-order valence-corrected chi connectivity index (χ4v) is 1.93. The van der Waals surface area contributed by atoms with Gasteiger partial charge in [0.15, 0.2) is 0 Å². The molecule has 4 nitrogen and oxygen atoms in total. The normalized spacial score (nSPS) is 17.1. The Morgan fingerprint density at radius 3 is 2.69 bits per heavy atom. The summed E-state index contributed by atoms with van der Waals surface area (Å²) in [5.74, 6) is 0. The van der Waals surface area contributed by atoms with E-state index < -0.39 is 0 Å². The minimum atomic E-state index is -0.318. The zero-order valence-corrected chi connectivity index (χ0v) is 10.7. The Labute approximate surface area is 97.8 Å². The molecule has 0 fully saturated rings. The standard InChI is InChI=1S/C12H23N3O/c1-5-12(4,16-7-3)11(13)10-8-9-14-15(10)6-2/h8-9,11H,5-7,13H2,1-4H3. The van der Waals surface area contributed by atoms with Gasteiger partial charge in [-0.2, -0.15) is 5.10 Å². The summed E-state index contributed by atoms with van der Waals surface area (Å²) in [7, 11) is 0. The first-order chi connectivity index (χ1) is 7.59. The van der Waals surface area contributed by atoms with E-state index in [0.29, 0.717) is 6.61 Å². The van der Waals surface area contributed by atoms with Crippen LogP contribution in [0.4, 0.5) is 0 Å². The first-order valence-electron chi connectivity index (χ1n) is 6.00. The summed E-state index contributed by atoms with van der Waals surface area (Å²) in [6, 6.07) is 1.83. The Balaban J connectivity index is 2.94. The third-order valence-corrected chi connectivity index (χ3v) is 3.20. The molecule has 0 aromatic carbocycles. The molecule has 0 amide bonds. The fourth-order valence-electron chi connectivity index (χ4n) is 1.93. The average Bonchev–Trinajstić information content (AvgIpc) is 2.76. The summed E-state index contributed by atoms with van der Waals surface area (Å²) in [4.78, 5) is 0. The van der Waals surface area contributed by atoms with Gasteiger partial charge in [0.25, 0.3) is 0 Å². The molecule has 2 atom stereocenters. The molecule has 16 heavy (non-hydrogen) atoms. The molecule has 0 aliphatic carbocycles. The molecule has 0 saturated heterocycles. The van der Waals surface area contributed by atoms with Crippen LogP contribution >= 0.6 is 0 Å². The minimum Gasteiger partial charge on any atom is -0.374 e. The maximum Gasteiger partial charge on any atom is 0.0858 e. The molecule has 2 unspecified atom stereocenters. The second kappa shape index (κ2) is 5.46. The molecule has 0 aliphatic rings. The fraction of sp³-hybridized carbons (Fsp3) is 0.750. The van der Waals surface area contributed by atoms with E-state index in [-0.39, 0.29) is 11.6 Å². The van der Waals surface area contributed by atoms with Crippen LogP contribution in [-0.2, 0) is 11.3 Å². The highest BCUT2D eigenvalue weighted by atomic mass is 16.5. The highest BCUT2D eigenvalue weighted by molar-refractivity contribution is 5.11. The second-order valence-electron chi connectivity index (χ2n) is 4.15.